The lowest BCUT2D eigenvalue weighted by Crippen LogP contribution is -2.44. The van der Waals surface area contributed by atoms with E-state index in [9.17, 15) is 4.79 Å². The molecule has 0 aromatic carbocycles. The van der Waals surface area contributed by atoms with Crippen LogP contribution in [0, 0.1) is 5.92 Å². The van der Waals surface area contributed by atoms with Crippen molar-refractivity contribution in [3.8, 4) is 0 Å². The van der Waals surface area contributed by atoms with Crippen molar-refractivity contribution in [1.82, 2.24) is 5.32 Å². The highest BCUT2D eigenvalue weighted by atomic mass is 16.6. The van der Waals surface area contributed by atoms with E-state index >= 15 is 0 Å². The number of esters is 1. The molecule has 2 aliphatic heterocycles. The minimum absolute atomic E-state index is 0.0110. The lowest BCUT2D eigenvalue weighted by Gasteiger charge is -2.27. The maximum Gasteiger partial charge on any atom is 0.323 e. The summed E-state index contributed by atoms with van der Waals surface area (Å²) in [5.41, 5.74) is 0. The van der Waals surface area contributed by atoms with Crippen molar-refractivity contribution < 1.29 is 14.3 Å². The zero-order chi connectivity index (χ0) is 11.0. The van der Waals surface area contributed by atoms with Gasteiger partial charge in [0.25, 0.3) is 0 Å². The van der Waals surface area contributed by atoms with E-state index in [1.165, 1.54) is 25.7 Å². The maximum atomic E-state index is 11.9. The molecule has 3 atom stereocenters. The molecular formula is C12H19NO3. The van der Waals surface area contributed by atoms with Crippen molar-refractivity contribution in [1.29, 1.82) is 0 Å². The zero-order valence-electron chi connectivity index (χ0n) is 9.48. The molecule has 3 rings (SSSR count). The number of carbonyl (C=O) groups excluding carboxylic acids is 1. The fraction of sp³-hybridized carbons (Fsp3) is 0.917. The van der Waals surface area contributed by atoms with Gasteiger partial charge in [-0.25, -0.2) is 0 Å². The van der Waals surface area contributed by atoms with Gasteiger partial charge in [-0.3, -0.25) is 4.79 Å². The van der Waals surface area contributed by atoms with Gasteiger partial charge in [0.2, 0.25) is 0 Å². The average Bonchev–Trinajstić information content (AvgIpc) is 2.66. The molecular weight excluding hydrogens is 206 g/mol. The van der Waals surface area contributed by atoms with E-state index in [1.807, 2.05) is 0 Å². The van der Waals surface area contributed by atoms with Gasteiger partial charge < -0.3 is 14.8 Å². The number of fused-ring (bicyclic) bond motifs is 1. The molecule has 3 unspecified atom stereocenters. The Labute approximate surface area is 95.7 Å². The summed E-state index contributed by atoms with van der Waals surface area (Å²) in [6, 6.07) is 0.498. The Morgan fingerprint density at radius 1 is 1.25 bits per heavy atom. The van der Waals surface area contributed by atoms with Gasteiger partial charge in [-0.2, -0.15) is 0 Å². The Balaban J connectivity index is 1.53. The topological polar surface area (TPSA) is 47.6 Å². The third-order valence-electron chi connectivity index (χ3n) is 4.04. The molecule has 2 heterocycles. The van der Waals surface area contributed by atoms with Crippen molar-refractivity contribution in [2.75, 3.05) is 13.2 Å². The second-order valence-electron chi connectivity index (χ2n) is 5.20. The lowest BCUT2D eigenvalue weighted by atomic mass is 9.85. The molecule has 1 N–H and O–H groups in total. The van der Waals surface area contributed by atoms with E-state index in [0.29, 0.717) is 25.2 Å². The summed E-state index contributed by atoms with van der Waals surface area (Å²) in [5.74, 6) is 0.631. The first kappa shape index (κ1) is 10.5. The van der Waals surface area contributed by atoms with E-state index < -0.39 is 0 Å². The van der Waals surface area contributed by atoms with Gasteiger partial charge in [0.1, 0.15) is 12.1 Å². The molecule has 16 heavy (non-hydrogen) atoms. The normalized spacial score (nSPS) is 38.9. The molecule has 0 amide bonds. The van der Waals surface area contributed by atoms with Gasteiger partial charge >= 0.3 is 5.97 Å². The largest absolute Gasteiger partial charge is 0.456 e. The number of nitrogens with one attached hydrogen (secondary N) is 1. The smallest absolute Gasteiger partial charge is 0.323 e. The summed E-state index contributed by atoms with van der Waals surface area (Å²) < 4.78 is 10.3. The van der Waals surface area contributed by atoms with Gasteiger partial charge in [0, 0.05) is 6.04 Å². The summed E-state index contributed by atoms with van der Waals surface area (Å²) in [6.45, 7) is 1.15. The maximum absolute atomic E-state index is 11.9. The van der Waals surface area contributed by atoms with Crippen LogP contribution in [0.25, 0.3) is 0 Å². The van der Waals surface area contributed by atoms with E-state index in [2.05, 4.69) is 5.32 Å². The number of carbonyl (C=O) groups is 1. The predicted octanol–water partition coefficient (Wildman–Crippen LogP) is 0.849. The second kappa shape index (κ2) is 4.34. The lowest BCUT2D eigenvalue weighted by molar-refractivity contribution is -0.174. The first-order valence-electron chi connectivity index (χ1n) is 6.37. The molecule has 0 radical (unpaired) electrons. The van der Waals surface area contributed by atoms with Crippen molar-refractivity contribution in [2.24, 2.45) is 5.92 Å². The average molecular weight is 225 g/mol. The van der Waals surface area contributed by atoms with Crippen LogP contribution in [0.3, 0.4) is 0 Å². The molecule has 90 valence electrons. The highest BCUT2D eigenvalue weighted by Crippen LogP contribution is 2.33. The summed E-state index contributed by atoms with van der Waals surface area (Å²) in [7, 11) is 0. The Bertz CT molecular complexity index is 263. The zero-order valence-corrected chi connectivity index (χ0v) is 9.48. The summed E-state index contributed by atoms with van der Waals surface area (Å²) in [4.78, 5) is 11.9. The molecule has 2 saturated heterocycles. The van der Waals surface area contributed by atoms with Crippen LogP contribution >= 0.6 is 0 Å². The van der Waals surface area contributed by atoms with Crippen molar-refractivity contribution in [2.45, 2.75) is 50.3 Å². The Kier molecular flexibility index (Phi) is 2.86. The first-order valence-corrected chi connectivity index (χ1v) is 6.37. The monoisotopic (exact) mass is 225 g/mol. The highest BCUT2D eigenvalue weighted by molar-refractivity contribution is 5.76. The number of hydrogen-bond acceptors (Lipinski definition) is 4. The van der Waals surface area contributed by atoms with E-state index in [1.54, 1.807) is 0 Å². The van der Waals surface area contributed by atoms with Crippen LogP contribution in [-0.2, 0) is 14.3 Å². The molecule has 3 aliphatic rings. The SMILES string of the molecule is O=C(OC1COC1)C1CC2CCCCC2N1. The first-order chi connectivity index (χ1) is 7.83. The number of ether oxygens (including phenoxy) is 2. The van der Waals surface area contributed by atoms with Crippen molar-refractivity contribution >= 4 is 5.97 Å². The molecule has 0 bridgehead atoms. The van der Waals surface area contributed by atoms with Crippen LogP contribution in [0.4, 0.5) is 0 Å². The van der Waals surface area contributed by atoms with Crippen molar-refractivity contribution in [3.63, 3.8) is 0 Å². The standard InChI is InChI=1S/C12H19NO3/c14-12(16-9-6-15-7-9)11-5-8-3-1-2-4-10(8)13-11/h8-11,13H,1-7H2. The quantitative estimate of drug-likeness (QED) is 0.708. The predicted molar refractivity (Wildman–Crippen MR) is 58.0 cm³/mol. The van der Waals surface area contributed by atoms with E-state index in [0.717, 1.165) is 6.42 Å². The summed E-state index contributed by atoms with van der Waals surface area (Å²) in [5, 5.41) is 3.43. The number of rotatable bonds is 2. The van der Waals surface area contributed by atoms with Crippen LogP contribution in [0.1, 0.15) is 32.1 Å². The van der Waals surface area contributed by atoms with Gasteiger partial charge in [-0.15, -0.1) is 0 Å². The Morgan fingerprint density at radius 2 is 2.06 bits per heavy atom. The fourth-order valence-electron chi connectivity index (χ4n) is 3.03. The van der Waals surface area contributed by atoms with Gasteiger partial charge in [-0.1, -0.05) is 12.8 Å². The number of hydrogen-bond donors (Lipinski definition) is 1. The second-order valence-corrected chi connectivity index (χ2v) is 5.20. The summed E-state index contributed by atoms with van der Waals surface area (Å²) in [6.07, 6.45) is 6.09. The van der Waals surface area contributed by atoms with Crippen LogP contribution in [0.15, 0.2) is 0 Å². The minimum Gasteiger partial charge on any atom is -0.456 e. The minimum atomic E-state index is -0.0669. The third kappa shape index (κ3) is 1.96. The molecule has 0 spiro atoms. The molecule has 1 saturated carbocycles. The van der Waals surface area contributed by atoms with Crippen LogP contribution in [-0.4, -0.2) is 37.4 Å². The van der Waals surface area contributed by atoms with Gasteiger partial charge in [0.05, 0.1) is 13.2 Å². The third-order valence-corrected chi connectivity index (χ3v) is 4.04. The van der Waals surface area contributed by atoms with Crippen LogP contribution in [0.2, 0.25) is 0 Å². The fourth-order valence-corrected chi connectivity index (χ4v) is 3.03. The van der Waals surface area contributed by atoms with E-state index in [-0.39, 0.29) is 18.1 Å². The molecule has 4 heteroatoms. The molecule has 3 fully saturated rings. The highest BCUT2D eigenvalue weighted by Gasteiger charge is 2.40. The Morgan fingerprint density at radius 3 is 2.75 bits per heavy atom. The van der Waals surface area contributed by atoms with E-state index in [4.69, 9.17) is 9.47 Å². The van der Waals surface area contributed by atoms with Gasteiger partial charge in [0.15, 0.2) is 0 Å². The van der Waals surface area contributed by atoms with Crippen LogP contribution < -0.4 is 5.32 Å². The molecule has 0 aromatic rings. The molecule has 0 aromatic heterocycles. The van der Waals surface area contributed by atoms with Crippen LogP contribution in [0.5, 0.6) is 0 Å². The molecule has 4 nitrogen and oxygen atoms in total. The van der Waals surface area contributed by atoms with Gasteiger partial charge in [-0.05, 0) is 25.2 Å². The Hall–Kier alpha value is -0.610. The molecule has 1 aliphatic carbocycles. The van der Waals surface area contributed by atoms with Crippen molar-refractivity contribution in [3.05, 3.63) is 0 Å². The summed E-state index contributed by atoms with van der Waals surface area (Å²) >= 11 is 0.